The van der Waals surface area contributed by atoms with E-state index in [0.29, 0.717) is 6.42 Å². The number of unbranched alkanes of at least 4 members (excludes halogenated alkanes) is 1. The van der Waals surface area contributed by atoms with E-state index in [9.17, 15) is 36.5 Å². The maximum atomic E-state index is 13.8. The zero-order chi connectivity index (χ0) is 31.4. The van der Waals surface area contributed by atoms with Crippen LogP contribution < -0.4 is 9.47 Å². The molecule has 0 saturated heterocycles. The number of amides is 1. The fraction of sp³-hybridized carbons (Fsp3) is 0.640. The Labute approximate surface area is 239 Å². The number of nitro benzene ring substituents is 1. The monoisotopic (exact) mass is 626 g/mol. The third-order valence-electron chi connectivity index (χ3n) is 7.06. The Morgan fingerprint density at radius 1 is 1.20 bits per heavy atom. The summed E-state index contributed by atoms with van der Waals surface area (Å²) in [5.74, 6) is -1.18. The van der Waals surface area contributed by atoms with Gasteiger partial charge in [0.15, 0.2) is 19.8 Å². The van der Waals surface area contributed by atoms with Gasteiger partial charge in [-0.25, -0.2) is 0 Å². The molecule has 0 aromatic heterocycles. The van der Waals surface area contributed by atoms with Crippen molar-refractivity contribution in [3.05, 3.63) is 39.6 Å². The van der Waals surface area contributed by atoms with E-state index < -0.39 is 58.7 Å². The Morgan fingerprint density at radius 3 is 2.34 bits per heavy atom. The summed E-state index contributed by atoms with van der Waals surface area (Å²) in [5.41, 5.74) is -6.55. The van der Waals surface area contributed by atoms with Gasteiger partial charge in [0, 0.05) is 19.0 Å². The summed E-state index contributed by atoms with van der Waals surface area (Å²) in [5, 5.41) is 11.7. The molecule has 1 atom stereocenters. The van der Waals surface area contributed by atoms with Gasteiger partial charge in [0.05, 0.1) is 37.4 Å². The number of carbonyl (C=O) groups is 1. The van der Waals surface area contributed by atoms with Gasteiger partial charge >= 0.3 is 15.6 Å². The molecule has 1 amide bonds. The second-order valence-electron chi connectivity index (χ2n) is 11.0. The maximum absolute atomic E-state index is 13.8. The van der Waals surface area contributed by atoms with Crippen LogP contribution in [-0.4, -0.2) is 70.9 Å². The summed E-state index contributed by atoms with van der Waals surface area (Å²) in [6.45, 7) is 11.4. The fourth-order valence-corrected chi connectivity index (χ4v) is 5.13. The minimum atomic E-state index is -5.94. The van der Waals surface area contributed by atoms with Crippen molar-refractivity contribution >= 4 is 30.0 Å². The lowest BCUT2D eigenvalue weighted by molar-refractivity contribution is -0.385. The number of nitrogens with zero attached hydrogens (tertiary/aromatic N) is 2. The predicted octanol–water partition coefficient (Wildman–Crippen LogP) is 5.77. The molecule has 41 heavy (non-hydrogen) atoms. The number of benzene rings is 1. The van der Waals surface area contributed by atoms with Gasteiger partial charge in [-0.3, -0.25) is 14.9 Å². The van der Waals surface area contributed by atoms with Gasteiger partial charge in [0.25, 0.3) is 11.6 Å². The van der Waals surface area contributed by atoms with Crippen LogP contribution in [0.15, 0.2) is 24.0 Å². The quantitative estimate of drug-likeness (QED) is 0.0708. The highest BCUT2D eigenvalue weighted by molar-refractivity contribution is 7.87. The Hall–Kier alpha value is -2.85. The molecule has 0 unspecified atom stereocenters. The first-order valence-corrected chi connectivity index (χ1v) is 17.2. The summed E-state index contributed by atoms with van der Waals surface area (Å²) >= 11 is 0. The van der Waals surface area contributed by atoms with Gasteiger partial charge in [0.1, 0.15) is 11.3 Å². The van der Waals surface area contributed by atoms with Crippen LogP contribution in [-0.2, 0) is 18.7 Å². The van der Waals surface area contributed by atoms with Crippen LogP contribution in [0, 0.1) is 10.1 Å². The van der Waals surface area contributed by atoms with E-state index in [-0.39, 0.29) is 41.9 Å². The van der Waals surface area contributed by atoms with Crippen LogP contribution in [0.5, 0.6) is 11.5 Å². The molecule has 0 aliphatic carbocycles. The van der Waals surface area contributed by atoms with Gasteiger partial charge in [-0.15, -0.1) is 0 Å². The SMILES string of the molecule is CCCCOc1cc([N+](=O)[O-])c(C(=O)N2CC=C(OS(=O)(=O)C(F)(F)F)C[C@H]2CO[Si](C)(C)C(C)(C)C)cc1OC. The largest absolute Gasteiger partial charge is 0.534 e. The molecule has 1 aliphatic rings. The number of hydrogen-bond donors (Lipinski definition) is 0. The zero-order valence-electron chi connectivity index (χ0n) is 24.2. The van der Waals surface area contributed by atoms with Crippen molar-refractivity contribution in [1.29, 1.82) is 0 Å². The average Bonchev–Trinajstić information content (AvgIpc) is 2.85. The third-order valence-corrected chi connectivity index (χ3v) is 12.6. The highest BCUT2D eigenvalue weighted by Crippen LogP contribution is 2.39. The van der Waals surface area contributed by atoms with E-state index in [0.717, 1.165) is 18.6 Å². The zero-order valence-corrected chi connectivity index (χ0v) is 26.0. The number of alkyl halides is 3. The highest BCUT2D eigenvalue weighted by atomic mass is 32.2. The molecule has 0 radical (unpaired) electrons. The van der Waals surface area contributed by atoms with E-state index >= 15 is 0 Å². The number of carbonyl (C=O) groups excluding carboxylic acids is 1. The molecule has 0 N–H and O–H groups in total. The number of hydrogen-bond acceptors (Lipinski definition) is 9. The van der Waals surface area contributed by atoms with Crippen molar-refractivity contribution in [3.8, 4) is 11.5 Å². The molecule has 11 nitrogen and oxygen atoms in total. The lowest BCUT2D eigenvalue weighted by atomic mass is 10.0. The molecule has 1 aromatic carbocycles. The molecule has 232 valence electrons. The molecular formula is C25H37F3N2O9SSi. The fourth-order valence-electron chi connectivity index (χ4n) is 3.57. The second-order valence-corrected chi connectivity index (χ2v) is 17.4. The van der Waals surface area contributed by atoms with Gasteiger partial charge in [-0.1, -0.05) is 34.1 Å². The summed E-state index contributed by atoms with van der Waals surface area (Å²) in [6.07, 6.45) is 2.09. The predicted molar refractivity (Wildman–Crippen MR) is 147 cm³/mol. The number of rotatable bonds is 12. The smallest absolute Gasteiger partial charge is 0.493 e. The van der Waals surface area contributed by atoms with Crippen molar-refractivity contribution in [2.75, 3.05) is 26.9 Å². The molecule has 1 heterocycles. The molecule has 0 saturated carbocycles. The van der Waals surface area contributed by atoms with Crippen molar-refractivity contribution in [2.45, 2.75) is 76.6 Å². The van der Waals surface area contributed by atoms with Crippen molar-refractivity contribution in [3.63, 3.8) is 0 Å². The van der Waals surface area contributed by atoms with E-state index in [2.05, 4.69) is 4.18 Å². The van der Waals surface area contributed by atoms with Crippen LogP contribution in [0.1, 0.15) is 57.3 Å². The first-order chi connectivity index (χ1) is 18.8. The van der Waals surface area contributed by atoms with E-state index in [4.69, 9.17) is 13.9 Å². The number of halogens is 3. The second kappa shape index (κ2) is 13.0. The standard InChI is InChI=1S/C25H37F3N2O9SSi/c1-8-9-12-37-22-15-20(30(32)33)19(14-21(22)36-5)23(31)29-11-10-18(39-40(34,35)25(26,27)28)13-17(29)16-38-41(6,7)24(2,3)4/h10,14-15,17H,8-9,11-13,16H2,1-7H3/t17-/m0/s1. The molecule has 1 aliphatic heterocycles. The Kier molecular flexibility index (Phi) is 10.9. The van der Waals surface area contributed by atoms with Crippen molar-refractivity contribution < 1.29 is 49.4 Å². The molecule has 1 aromatic rings. The molecule has 0 bridgehead atoms. The topological polar surface area (TPSA) is 135 Å². The van der Waals surface area contributed by atoms with Crippen molar-refractivity contribution in [1.82, 2.24) is 4.90 Å². The lowest BCUT2D eigenvalue weighted by Gasteiger charge is -2.40. The summed E-state index contributed by atoms with van der Waals surface area (Å²) in [6, 6.07) is 1.27. The molecule has 0 spiro atoms. The van der Waals surface area contributed by atoms with Crippen LogP contribution >= 0.6 is 0 Å². The van der Waals surface area contributed by atoms with Crippen LogP contribution in [0.4, 0.5) is 18.9 Å². The maximum Gasteiger partial charge on any atom is 0.534 e. The normalized spacial score (nSPS) is 16.7. The van der Waals surface area contributed by atoms with Crippen molar-refractivity contribution in [2.24, 2.45) is 0 Å². The lowest BCUT2D eigenvalue weighted by Crippen LogP contribution is -2.50. The van der Waals surface area contributed by atoms with E-state index in [1.54, 1.807) is 0 Å². The van der Waals surface area contributed by atoms with Gasteiger partial charge in [-0.2, -0.15) is 21.6 Å². The Balaban J connectivity index is 2.52. The molecule has 2 rings (SSSR count). The Bertz CT molecular complexity index is 1260. The van der Waals surface area contributed by atoms with Crippen LogP contribution in [0.3, 0.4) is 0 Å². The van der Waals surface area contributed by atoms with E-state index in [1.165, 1.54) is 18.1 Å². The Morgan fingerprint density at radius 2 is 1.83 bits per heavy atom. The number of nitro groups is 1. The summed E-state index contributed by atoms with van der Waals surface area (Å²) in [7, 11) is -7.07. The van der Waals surface area contributed by atoms with E-state index in [1.807, 2.05) is 40.8 Å². The molecule has 0 fully saturated rings. The number of methoxy groups -OCH3 is 1. The third kappa shape index (κ3) is 8.35. The van der Waals surface area contributed by atoms with Gasteiger partial charge in [0.2, 0.25) is 0 Å². The van der Waals surface area contributed by atoms with Gasteiger partial charge in [-0.05, 0) is 30.6 Å². The molecule has 16 heteroatoms. The van der Waals surface area contributed by atoms with Crippen LogP contribution in [0.2, 0.25) is 18.1 Å². The molecular weight excluding hydrogens is 589 g/mol. The first kappa shape index (κ1) is 34.3. The highest BCUT2D eigenvalue weighted by Gasteiger charge is 2.49. The number of ether oxygens (including phenoxy) is 2. The summed E-state index contributed by atoms with van der Waals surface area (Å²) < 4.78 is 83.6. The summed E-state index contributed by atoms with van der Waals surface area (Å²) in [4.78, 5) is 26.2. The van der Waals surface area contributed by atoms with Crippen LogP contribution in [0.25, 0.3) is 0 Å². The first-order valence-electron chi connectivity index (χ1n) is 12.9. The van der Waals surface area contributed by atoms with Gasteiger partial charge < -0.3 is 23.0 Å². The minimum Gasteiger partial charge on any atom is -0.493 e. The average molecular weight is 627 g/mol. The minimum absolute atomic E-state index is 0.0774.